The molecule has 1 aromatic carbocycles. The Bertz CT molecular complexity index is 423. The largest absolute Gasteiger partial charge is 0.497 e. The quantitative estimate of drug-likeness (QED) is 0.806. The molecule has 1 amide bonds. The predicted octanol–water partition coefficient (Wildman–Crippen LogP) is 1.98. The van der Waals surface area contributed by atoms with Crippen LogP contribution in [0.25, 0.3) is 0 Å². The normalized spacial score (nSPS) is 14.3. The van der Waals surface area contributed by atoms with Crippen LogP contribution in [0.1, 0.15) is 20.8 Å². The van der Waals surface area contributed by atoms with E-state index < -0.39 is 0 Å². The third kappa shape index (κ3) is 6.69. The lowest BCUT2D eigenvalue weighted by Crippen LogP contribution is -2.42. The third-order valence-corrected chi connectivity index (χ3v) is 3.16. The van der Waals surface area contributed by atoms with Crippen molar-refractivity contribution in [3.63, 3.8) is 0 Å². The van der Waals surface area contributed by atoms with Crippen LogP contribution in [0.3, 0.4) is 0 Å². The monoisotopic (exact) mass is 316 g/mol. The van der Waals surface area contributed by atoms with Gasteiger partial charge in [-0.25, -0.2) is 0 Å². The molecule has 0 saturated heterocycles. The molecule has 1 rings (SSSR count). The molecule has 21 heavy (non-hydrogen) atoms. The van der Waals surface area contributed by atoms with E-state index in [0.717, 1.165) is 11.5 Å². The van der Waals surface area contributed by atoms with Gasteiger partial charge in [-0.05, 0) is 38.1 Å². The van der Waals surface area contributed by atoms with Crippen LogP contribution < -0.4 is 20.5 Å². The van der Waals surface area contributed by atoms with E-state index in [0.29, 0.717) is 6.54 Å². The average Bonchev–Trinajstić information content (AvgIpc) is 2.44. The first kappa shape index (κ1) is 19.5. The van der Waals surface area contributed by atoms with Gasteiger partial charge >= 0.3 is 0 Å². The molecule has 0 saturated carbocycles. The van der Waals surface area contributed by atoms with Crippen LogP contribution in [-0.4, -0.2) is 31.7 Å². The Morgan fingerprint density at radius 1 is 1.19 bits per heavy atom. The summed E-state index contributed by atoms with van der Waals surface area (Å²) >= 11 is 0. The summed E-state index contributed by atoms with van der Waals surface area (Å²) in [6, 6.07) is 7.17. The number of amides is 1. The second kappa shape index (κ2) is 9.47. The molecule has 0 aliphatic carbocycles. The zero-order valence-corrected chi connectivity index (χ0v) is 13.8. The van der Waals surface area contributed by atoms with Gasteiger partial charge in [-0.1, -0.05) is 6.92 Å². The van der Waals surface area contributed by atoms with Gasteiger partial charge in [0, 0.05) is 12.0 Å². The molecule has 0 heterocycles. The van der Waals surface area contributed by atoms with E-state index in [1.165, 1.54) is 0 Å². The molecular formula is C15H25ClN2O3. The van der Waals surface area contributed by atoms with Crippen molar-refractivity contribution in [3.8, 4) is 11.5 Å². The second-order valence-corrected chi connectivity index (χ2v) is 5.00. The highest BCUT2D eigenvalue weighted by Gasteiger charge is 2.17. The maximum Gasteiger partial charge on any atom is 0.224 e. The minimum atomic E-state index is -0.205. The molecule has 3 atom stereocenters. The van der Waals surface area contributed by atoms with Crippen molar-refractivity contribution in [2.75, 3.05) is 13.7 Å². The average molecular weight is 317 g/mol. The molecule has 1 aromatic rings. The summed E-state index contributed by atoms with van der Waals surface area (Å²) in [4.78, 5) is 11.8. The van der Waals surface area contributed by atoms with Crippen LogP contribution >= 0.6 is 12.4 Å². The van der Waals surface area contributed by atoms with Gasteiger partial charge in [0.05, 0.1) is 13.7 Å². The van der Waals surface area contributed by atoms with Crippen molar-refractivity contribution in [1.82, 2.24) is 5.32 Å². The van der Waals surface area contributed by atoms with Crippen molar-refractivity contribution >= 4 is 18.3 Å². The third-order valence-electron chi connectivity index (χ3n) is 3.16. The summed E-state index contributed by atoms with van der Waals surface area (Å²) < 4.78 is 10.8. The van der Waals surface area contributed by atoms with Gasteiger partial charge < -0.3 is 20.5 Å². The SMILES string of the molecule is COc1ccc(OC(C)CNC(=O)C(C)C(C)N)cc1.Cl. The molecular weight excluding hydrogens is 292 g/mol. The maximum absolute atomic E-state index is 11.8. The number of carbonyl (C=O) groups excluding carboxylic acids is 1. The number of methoxy groups -OCH3 is 1. The standard InChI is InChI=1S/C15H24N2O3.ClH/c1-10(9-17-15(18)11(2)12(3)16)20-14-7-5-13(19-4)6-8-14;/h5-8,10-12H,9,16H2,1-4H3,(H,17,18);1H. The fourth-order valence-corrected chi connectivity index (χ4v) is 1.57. The summed E-state index contributed by atoms with van der Waals surface area (Å²) in [5.41, 5.74) is 5.69. The van der Waals surface area contributed by atoms with Crippen molar-refractivity contribution in [1.29, 1.82) is 0 Å². The van der Waals surface area contributed by atoms with E-state index >= 15 is 0 Å². The van der Waals surface area contributed by atoms with Crippen LogP contribution in [0, 0.1) is 5.92 Å². The number of rotatable bonds is 7. The van der Waals surface area contributed by atoms with E-state index in [9.17, 15) is 4.79 Å². The Kier molecular flexibility index (Phi) is 8.81. The number of nitrogens with two attached hydrogens (primary N) is 1. The first-order valence-electron chi connectivity index (χ1n) is 6.78. The van der Waals surface area contributed by atoms with E-state index in [1.807, 2.05) is 45.0 Å². The van der Waals surface area contributed by atoms with E-state index in [4.69, 9.17) is 15.2 Å². The number of hydrogen-bond donors (Lipinski definition) is 2. The lowest BCUT2D eigenvalue weighted by atomic mass is 10.0. The first-order valence-corrected chi connectivity index (χ1v) is 6.78. The number of hydrogen-bond acceptors (Lipinski definition) is 4. The van der Waals surface area contributed by atoms with Gasteiger partial charge in [-0.2, -0.15) is 0 Å². The van der Waals surface area contributed by atoms with E-state index in [-0.39, 0.29) is 36.4 Å². The van der Waals surface area contributed by atoms with Gasteiger partial charge in [-0.3, -0.25) is 4.79 Å². The molecule has 120 valence electrons. The Labute approximate surface area is 132 Å². The Morgan fingerprint density at radius 2 is 1.71 bits per heavy atom. The second-order valence-electron chi connectivity index (χ2n) is 5.00. The van der Waals surface area contributed by atoms with Gasteiger partial charge in [0.25, 0.3) is 0 Å². The number of ether oxygens (including phenoxy) is 2. The van der Waals surface area contributed by atoms with Crippen molar-refractivity contribution in [2.24, 2.45) is 11.7 Å². The Hall–Kier alpha value is -1.46. The smallest absolute Gasteiger partial charge is 0.224 e. The molecule has 6 heteroatoms. The van der Waals surface area contributed by atoms with Crippen LogP contribution in [0.2, 0.25) is 0 Å². The molecule has 3 N–H and O–H groups in total. The predicted molar refractivity (Wildman–Crippen MR) is 86.2 cm³/mol. The highest BCUT2D eigenvalue weighted by Crippen LogP contribution is 2.17. The summed E-state index contributed by atoms with van der Waals surface area (Å²) in [6.45, 7) is 5.99. The molecule has 0 aliphatic rings. The highest BCUT2D eigenvalue weighted by molar-refractivity contribution is 5.85. The fourth-order valence-electron chi connectivity index (χ4n) is 1.57. The Balaban J connectivity index is 0.00000400. The van der Waals surface area contributed by atoms with Crippen LogP contribution in [0.15, 0.2) is 24.3 Å². The minimum absolute atomic E-state index is 0. The number of carbonyl (C=O) groups is 1. The highest BCUT2D eigenvalue weighted by atomic mass is 35.5. The van der Waals surface area contributed by atoms with Gasteiger partial charge in [-0.15, -0.1) is 12.4 Å². The zero-order chi connectivity index (χ0) is 15.1. The summed E-state index contributed by atoms with van der Waals surface area (Å²) in [7, 11) is 1.62. The van der Waals surface area contributed by atoms with Crippen molar-refractivity contribution in [2.45, 2.75) is 32.9 Å². The van der Waals surface area contributed by atoms with Crippen LogP contribution in [0.4, 0.5) is 0 Å². The van der Waals surface area contributed by atoms with Crippen molar-refractivity contribution < 1.29 is 14.3 Å². The van der Waals surface area contributed by atoms with E-state index in [2.05, 4.69) is 5.32 Å². The number of benzene rings is 1. The molecule has 0 radical (unpaired) electrons. The minimum Gasteiger partial charge on any atom is -0.497 e. The number of nitrogens with one attached hydrogen (secondary N) is 1. The summed E-state index contributed by atoms with van der Waals surface area (Å²) in [6.07, 6.45) is -0.118. The van der Waals surface area contributed by atoms with E-state index in [1.54, 1.807) is 7.11 Å². The Morgan fingerprint density at radius 3 is 2.19 bits per heavy atom. The van der Waals surface area contributed by atoms with Crippen LogP contribution in [-0.2, 0) is 4.79 Å². The van der Waals surface area contributed by atoms with Gasteiger partial charge in [0.2, 0.25) is 5.91 Å². The number of halogens is 1. The molecule has 0 fully saturated rings. The molecule has 0 spiro atoms. The summed E-state index contributed by atoms with van der Waals surface area (Å²) in [5, 5.41) is 2.84. The molecule has 0 aromatic heterocycles. The first-order chi connectivity index (χ1) is 9.43. The molecule has 0 bridgehead atoms. The lowest BCUT2D eigenvalue weighted by molar-refractivity contribution is -0.125. The zero-order valence-electron chi connectivity index (χ0n) is 13.0. The molecule has 3 unspecified atom stereocenters. The van der Waals surface area contributed by atoms with Gasteiger partial charge in [0.1, 0.15) is 17.6 Å². The van der Waals surface area contributed by atoms with Crippen molar-refractivity contribution in [3.05, 3.63) is 24.3 Å². The lowest BCUT2D eigenvalue weighted by Gasteiger charge is -2.19. The summed E-state index contributed by atoms with van der Waals surface area (Å²) in [5.74, 6) is 1.27. The fraction of sp³-hybridized carbons (Fsp3) is 0.533. The van der Waals surface area contributed by atoms with Crippen LogP contribution in [0.5, 0.6) is 11.5 Å². The maximum atomic E-state index is 11.8. The molecule has 5 nitrogen and oxygen atoms in total. The molecule has 0 aliphatic heterocycles. The topological polar surface area (TPSA) is 73.6 Å². The van der Waals surface area contributed by atoms with Gasteiger partial charge in [0.15, 0.2) is 0 Å².